The van der Waals surface area contributed by atoms with Crippen LogP contribution in [0, 0.1) is 5.41 Å². The van der Waals surface area contributed by atoms with Gasteiger partial charge in [0.05, 0.1) is 12.2 Å². The predicted octanol–water partition coefficient (Wildman–Crippen LogP) is 5.57. The lowest BCUT2D eigenvalue weighted by Crippen LogP contribution is -2.58. The minimum Gasteiger partial charge on any atom is -0.465 e. The van der Waals surface area contributed by atoms with Crippen molar-refractivity contribution < 1.29 is 14.3 Å². The normalized spacial score (nSPS) is 20.7. The first-order valence-electron chi connectivity index (χ1n) is 10.3. The second kappa shape index (κ2) is 8.41. The molecule has 2 aromatic heterocycles. The Morgan fingerprint density at radius 3 is 2.57 bits per heavy atom. The molecular weight excluding hydrogens is 400 g/mol. The Labute approximate surface area is 182 Å². The number of rotatable bonds is 4. The van der Waals surface area contributed by atoms with Gasteiger partial charge in [0.25, 0.3) is 0 Å². The van der Waals surface area contributed by atoms with Crippen molar-refractivity contribution in [1.82, 2.24) is 14.9 Å². The zero-order chi connectivity index (χ0) is 22.1. The molecule has 2 atom stereocenters. The van der Waals surface area contributed by atoms with Crippen molar-refractivity contribution in [2.75, 3.05) is 11.9 Å². The molecule has 0 bridgehead atoms. The molecule has 164 valence electrons. The third-order valence-electron chi connectivity index (χ3n) is 5.25. The van der Waals surface area contributed by atoms with Crippen LogP contribution >= 0.6 is 11.3 Å². The van der Waals surface area contributed by atoms with Crippen LogP contribution < -0.4 is 5.32 Å². The fourth-order valence-electron chi connectivity index (χ4n) is 3.89. The largest absolute Gasteiger partial charge is 0.465 e. The molecule has 0 spiro atoms. The molecule has 1 aliphatic heterocycles. The van der Waals surface area contributed by atoms with E-state index in [2.05, 4.69) is 56.8 Å². The third kappa shape index (κ3) is 5.22. The number of piperidine rings is 1. The number of thiazole rings is 1. The van der Waals surface area contributed by atoms with Crippen molar-refractivity contribution in [3.63, 3.8) is 0 Å². The van der Waals surface area contributed by atoms with Gasteiger partial charge in [0, 0.05) is 35.2 Å². The zero-order valence-electron chi connectivity index (χ0n) is 18.6. The van der Waals surface area contributed by atoms with Crippen molar-refractivity contribution in [3.05, 3.63) is 28.9 Å². The lowest BCUT2D eigenvalue weighted by atomic mass is 9.78. The van der Waals surface area contributed by atoms with Crippen LogP contribution in [0.25, 0.3) is 12.2 Å². The highest BCUT2D eigenvalue weighted by molar-refractivity contribution is 7.16. The maximum Gasteiger partial charge on any atom is 0.407 e. The van der Waals surface area contributed by atoms with Crippen molar-refractivity contribution in [1.29, 1.82) is 0 Å². The van der Waals surface area contributed by atoms with E-state index in [0.29, 0.717) is 12.4 Å². The predicted molar refractivity (Wildman–Crippen MR) is 121 cm³/mol. The van der Waals surface area contributed by atoms with Crippen LogP contribution in [0.15, 0.2) is 16.8 Å². The van der Waals surface area contributed by atoms with Gasteiger partial charge in [0.1, 0.15) is 5.76 Å². The topological polar surface area (TPSA) is 91.5 Å². The minimum absolute atomic E-state index is 0.0268. The number of carboxylic acid groups (broad SMARTS) is 1. The lowest BCUT2D eigenvalue weighted by molar-refractivity contribution is 0.0519. The average molecular weight is 433 g/mol. The molecule has 0 aromatic carbocycles. The highest BCUT2D eigenvalue weighted by Crippen LogP contribution is 2.35. The van der Waals surface area contributed by atoms with E-state index in [1.807, 2.05) is 12.2 Å². The quantitative estimate of drug-likeness (QED) is 0.656. The van der Waals surface area contributed by atoms with Crippen LogP contribution in [0.4, 0.5) is 9.93 Å². The summed E-state index contributed by atoms with van der Waals surface area (Å²) in [6.07, 6.45) is 8.26. The van der Waals surface area contributed by atoms with Crippen LogP contribution in [0.1, 0.15) is 70.9 Å². The Bertz CT molecular complexity index is 904. The molecule has 3 rings (SSSR count). The first-order chi connectivity index (χ1) is 13.9. The Kier molecular flexibility index (Phi) is 6.26. The molecule has 30 heavy (non-hydrogen) atoms. The Morgan fingerprint density at radius 1 is 1.23 bits per heavy atom. The molecule has 0 aliphatic carbocycles. The molecular formula is C22H32N4O3S. The molecule has 3 heterocycles. The van der Waals surface area contributed by atoms with Gasteiger partial charge in [0.2, 0.25) is 5.89 Å². The molecule has 8 heteroatoms. The highest BCUT2D eigenvalue weighted by Gasteiger charge is 2.42. The molecule has 0 saturated carbocycles. The van der Waals surface area contributed by atoms with Crippen LogP contribution in [0.2, 0.25) is 0 Å². The van der Waals surface area contributed by atoms with Gasteiger partial charge in [-0.25, -0.2) is 14.8 Å². The fraction of sp³-hybridized carbons (Fsp3) is 0.591. The number of amides is 1. The molecule has 1 amide bonds. The van der Waals surface area contributed by atoms with Crippen LogP contribution in [-0.2, 0) is 5.41 Å². The highest BCUT2D eigenvalue weighted by atomic mass is 32.1. The number of hydrogen-bond acceptors (Lipinski definition) is 6. The van der Waals surface area contributed by atoms with Crippen molar-refractivity contribution in [3.8, 4) is 0 Å². The summed E-state index contributed by atoms with van der Waals surface area (Å²) in [6, 6.07) is -0.0892. The summed E-state index contributed by atoms with van der Waals surface area (Å²) in [7, 11) is 0. The summed E-state index contributed by atoms with van der Waals surface area (Å²) in [5.41, 5.74) is -0.250. The standard InChI is InChI=1S/C22H32N4O3S/c1-21(2,3)16-13-23-17(29-16)10-9-14-12-24-19(30-14)25-15-8-7-11-26(20(27)28)18(15)22(4,5)6/h9-10,12-13,15,18H,7-8,11H2,1-6H3,(H,24,25)(H,27,28)/b10-9+. The summed E-state index contributed by atoms with van der Waals surface area (Å²) in [5.74, 6) is 1.42. The van der Waals surface area contributed by atoms with Crippen LogP contribution in [0.3, 0.4) is 0 Å². The van der Waals surface area contributed by atoms with Crippen molar-refractivity contribution in [2.24, 2.45) is 5.41 Å². The number of likely N-dealkylation sites (tertiary alicyclic amines) is 1. The van der Waals surface area contributed by atoms with E-state index in [0.717, 1.165) is 28.6 Å². The molecule has 7 nitrogen and oxygen atoms in total. The zero-order valence-corrected chi connectivity index (χ0v) is 19.4. The molecule has 2 unspecified atom stereocenters. The van der Waals surface area contributed by atoms with Crippen molar-refractivity contribution >= 4 is 34.7 Å². The van der Waals surface area contributed by atoms with Crippen molar-refractivity contribution in [2.45, 2.75) is 71.9 Å². The van der Waals surface area contributed by atoms with Gasteiger partial charge in [-0.1, -0.05) is 52.9 Å². The molecule has 0 radical (unpaired) electrons. The van der Waals surface area contributed by atoms with Crippen LogP contribution in [0.5, 0.6) is 0 Å². The summed E-state index contributed by atoms with van der Waals surface area (Å²) in [6.45, 7) is 13.1. The summed E-state index contributed by atoms with van der Waals surface area (Å²) >= 11 is 1.54. The lowest BCUT2D eigenvalue weighted by Gasteiger charge is -2.46. The van der Waals surface area contributed by atoms with Gasteiger partial charge in [-0.05, 0) is 24.3 Å². The second-order valence-corrected chi connectivity index (χ2v) is 11.0. The van der Waals surface area contributed by atoms with Gasteiger partial charge >= 0.3 is 6.09 Å². The summed E-state index contributed by atoms with van der Waals surface area (Å²) < 4.78 is 5.79. The summed E-state index contributed by atoms with van der Waals surface area (Å²) in [5, 5.41) is 13.9. The number of anilines is 1. The first kappa shape index (κ1) is 22.3. The van der Waals surface area contributed by atoms with Gasteiger partial charge < -0.3 is 19.7 Å². The SMILES string of the molecule is CC(C)(C)c1cnc(/C=C/c2cnc(NC3CCCN(C(=O)O)C3C(C)(C)C)s2)o1. The number of hydrogen-bond donors (Lipinski definition) is 2. The fourth-order valence-corrected chi connectivity index (χ4v) is 4.67. The monoisotopic (exact) mass is 432 g/mol. The molecule has 1 aliphatic rings. The van der Waals surface area contributed by atoms with Gasteiger partial charge in [-0.15, -0.1) is 0 Å². The van der Waals surface area contributed by atoms with E-state index in [-0.39, 0.29) is 22.9 Å². The van der Waals surface area contributed by atoms with Gasteiger partial charge in [-0.2, -0.15) is 0 Å². The van der Waals surface area contributed by atoms with Crippen LogP contribution in [-0.4, -0.2) is 44.7 Å². The molecule has 2 N–H and O–H groups in total. The Hall–Kier alpha value is -2.35. The maximum atomic E-state index is 11.8. The second-order valence-electron chi connectivity index (χ2n) is 9.89. The minimum atomic E-state index is -0.857. The third-order valence-corrected chi connectivity index (χ3v) is 6.14. The van der Waals surface area contributed by atoms with E-state index < -0.39 is 6.09 Å². The molecule has 2 aromatic rings. The van der Waals surface area contributed by atoms with Gasteiger partial charge in [0.15, 0.2) is 5.13 Å². The maximum absolute atomic E-state index is 11.8. The number of carbonyl (C=O) groups is 1. The van der Waals surface area contributed by atoms with E-state index in [1.165, 1.54) is 11.3 Å². The molecule has 1 fully saturated rings. The number of oxazole rings is 1. The average Bonchev–Trinajstić information content (AvgIpc) is 3.27. The number of nitrogens with zero attached hydrogens (tertiary/aromatic N) is 3. The first-order valence-corrected chi connectivity index (χ1v) is 11.1. The van der Waals surface area contributed by atoms with Gasteiger partial charge in [-0.3, -0.25) is 0 Å². The molecule has 1 saturated heterocycles. The number of aromatic nitrogens is 2. The summed E-state index contributed by atoms with van der Waals surface area (Å²) in [4.78, 5) is 23.1. The Morgan fingerprint density at radius 2 is 1.97 bits per heavy atom. The van der Waals surface area contributed by atoms with E-state index in [9.17, 15) is 9.90 Å². The number of nitrogens with one attached hydrogen (secondary N) is 1. The Balaban J connectivity index is 1.71. The van der Waals surface area contributed by atoms with E-state index >= 15 is 0 Å². The van der Waals surface area contributed by atoms with E-state index in [4.69, 9.17) is 4.42 Å². The smallest absolute Gasteiger partial charge is 0.407 e. The van der Waals surface area contributed by atoms with E-state index in [1.54, 1.807) is 17.3 Å².